The number of ether oxygens (including phenoxy) is 1. The van der Waals surface area contributed by atoms with Crippen LogP contribution in [0.3, 0.4) is 0 Å². The molecule has 1 atom stereocenters. The van der Waals surface area contributed by atoms with E-state index in [4.69, 9.17) is 16.3 Å². The maximum atomic E-state index is 13.3. The van der Waals surface area contributed by atoms with E-state index < -0.39 is 17.8 Å². The Hall–Kier alpha value is -3.59. The van der Waals surface area contributed by atoms with E-state index in [0.717, 1.165) is 12.1 Å². The Balaban J connectivity index is 1.62. The van der Waals surface area contributed by atoms with Crippen LogP contribution in [0.25, 0.3) is 0 Å². The van der Waals surface area contributed by atoms with Gasteiger partial charge in [0, 0.05) is 23.8 Å². The summed E-state index contributed by atoms with van der Waals surface area (Å²) < 4.78 is 45.8. The van der Waals surface area contributed by atoms with E-state index in [1.807, 2.05) is 0 Å². The fourth-order valence-corrected chi connectivity index (χ4v) is 4.07. The molecular formula is C25H21ClF3N3O3. The molecule has 1 fully saturated rings. The number of benzene rings is 3. The number of amides is 2. The SMILES string of the molecule is O=NCCCN1CC(c2cccc(C(F)(F)F)c2)N(c2ccc(Oc3ccc(Cl)cc3)cc2)C1=O. The van der Waals surface area contributed by atoms with E-state index in [1.165, 1.54) is 15.9 Å². The predicted octanol–water partition coefficient (Wildman–Crippen LogP) is 7.29. The van der Waals surface area contributed by atoms with Crippen molar-refractivity contribution >= 4 is 23.3 Å². The summed E-state index contributed by atoms with van der Waals surface area (Å²) in [5.74, 6) is 1.10. The first-order chi connectivity index (χ1) is 16.8. The first-order valence-corrected chi connectivity index (χ1v) is 11.2. The highest BCUT2D eigenvalue weighted by Crippen LogP contribution is 2.38. The minimum absolute atomic E-state index is 0.0503. The molecule has 1 aliphatic rings. The van der Waals surface area contributed by atoms with Crippen molar-refractivity contribution in [1.82, 2.24) is 4.90 Å². The molecule has 4 rings (SSSR count). The molecule has 0 spiro atoms. The van der Waals surface area contributed by atoms with E-state index in [9.17, 15) is 22.9 Å². The summed E-state index contributed by atoms with van der Waals surface area (Å²) in [5.41, 5.74) is 0.0975. The van der Waals surface area contributed by atoms with Gasteiger partial charge in [-0.3, -0.25) is 4.90 Å². The minimum Gasteiger partial charge on any atom is -0.457 e. The van der Waals surface area contributed by atoms with Gasteiger partial charge in [0.1, 0.15) is 11.5 Å². The van der Waals surface area contributed by atoms with Crippen LogP contribution < -0.4 is 9.64 Å². The molecule has 1 aliphatic heterocycles. The van der Waals surface area contributed by atoms with Gasteiger partial charge in [0.05, 0.1) is 18.2 Å². The molecular weight excluding hydrogens is 483 g/mol. The van der Waals surface area contributed by atoms with Crippen LogP contribution in [0, 0.1) is 4.91 Å². The molecule has 0 aliphatic carbocycles. The largest absolute Gasteiger partial charge is 0.457 e. The van der Waals surface area contributed by atoms with Crippen LogP contribution in [0.15, 0.2) is 78.0 Å². The summed E-state index contributed by atoms with van der Waals surface area (Å²) in [7, 11) is 0. The van der Waals surface area contributed by atoms with Gasteiger partial charge >= 0.3 is 12.2 Å². The van der Waals surface area contributed by atoms with Crippen LogP contribution >= 0.6 is 11.6 Å². The number of anilines is 1. The molecule has 1 unspecified atom stereocenters. The molecule has 1 heterocycles. The number of nitroso groups, excluding NO2 is 1. The normalized spacial score (nSPS) is 16.0. The second-order valence-electron chi connectivity index (χ2n) is 7.99. The van der Waals surface area contributed by atoms with Crippen LogP contribution in [-0.2, 0) is 6.18 Å². The van der Waals surface area contributed by atoms with E-state index in [0.29, 0.717) is 34.2 Å². The summed E-state index contributed by atoms with van der Waals surface area (Å²) >= 11 is 5.89. The third kappa shape index (κ3) is 5.74. The number of carbonyl (C=O) groups is 1. The molecule has 2 amide bonds. The van der Waals surface area contributed by atoms with Crippen molar-refractivity contribution in [3.8, 4) is 11.5 Å². The molecule has 0 saturated carbocycles. The van der Waals surface area contributed by atoms with E-state index in [1.54, 1.807) is 54.6 Å². The average Bonchev–Trinajstić information content (AvgIpc) is 3.17. The van der Waals surface area contributed by atoms with Gasteiger partial charge in [0.15, 0.2) is 0 Å². The molecule has 0 radical (unpaired) electrons. The van der Waals surface area contributed by atoms with Crippen LogP contribution in [0.5, 0.6) is 11.5 Å². The summed E-state index contributed by atoms with van der Waals surface area (Å²) in [5, 5.41) is 3.39. The van der Waals surface area contributed by atoms with Crippen LogP contribution in [0.4, 0.5) is 23.7 Å². The molecule has 0 aromatic heterocycles. The first-order valence-electron chi connectivity index (χ1n) is 10.8. The molecule has 10 heteroatoms. The standard InChI is InChI=1S/C25H21ClF3N3O3/c26-19-5-9-21(10-6-19)35-22-11-7-20(8-12-22)32-23(16-31(24(32)33)14-2-13-30-34)17-3-1-4-18(15-17)25(27,28)29/h1,3-12,15,23H,2,13-14,16H2. The van der Waals surface area contributed by atoms with Crippen LogP contribution in [0.1, 0.15) is 23.6 Å². The summed E-state index contributed by atoms with van der Waals surface area (Å²) in [6.45, 7) is 0.505. The summed E-state index contributed by atoms with van der Waals surface area (Å²) in [6, 6.07) is 17.5. The van der Waals surface area contributed by atoms with Crippen molar-refractivity contribution in [3.05, 3.63) is 93.9 Å². The predicted molar refractivity (Wildman–Crippen MR) is 127 cm³/mol. The molecule has 3 aromatic rings. The molecule has 1 saturated heterocycles. The van der Waals surface area contributed by atoms with Gasteiger partial charge in [-0.15, -0.1) is 0 Å². The third-order valence-electron chi connectivity index (χ3n) is 5.62. The molecule has 35 heavy (non-hydrogen) atoms. The monoisotopic (exact) mass is 503 g/mol. The third-order valence-corrected chi connectivity index (χ3v) is 5.87. The lowest BCUT2D eigenvalue weighted by atomic mass is 10.0. The van der Waals surface area contributed by atoms with Gasteiger partial charge in [-0.25, -0.2) is 4.79 Å². The van der Waals surface area contributed by atoms with Crippen LogP contribution in [0.2, 0.25) is 5.02 Å². The van der Waals surface area contributed by atoms with E-state index >= 15 is 0 Å². The van der Waals surface area contributed by atoms with Crippen molar-refractivity contribution in [2.24, 2.45) is 5.18 Å². The minimum atomic E-state index is -4.50. The number of alkyl halides is 3. The number of carbonyl (C=O) groups excluding carboxylic acids is 1. The Labute approximate surface area is 204 Å². The number of urea groups is 1. The Bertz CT molecular complexity index is 1190. The number of halogens is 4. The lowest BCUT2D eigenvalue weighted by Gasteiger charge is -2.24. The van der Waals surface area contributed by atoms with Crippen LogP contribution in [-0.4, -0.2) is 30.6 Å². The van der Waals surface area contributed by atoms with Crippen molar-refractivity contribution < 1.29 is 22.7 Å². The van der Waals surface area contributed by atoms with Gasteiger partial charge in [0.25, 0.3) is 0 Å². The zero-order chi connectivity index (χ0) is 25.0. The Morgan fingerprint density at radius 1 is 1.00 bits per heavy atom. The smallest absolute Gasteiger partial charge is 0.416 e. The molecule has 6 nitrogen and oxygen atoms in total. The molecule has 182 valence electrons. The quantitative estimate of drug-likeness (QED) is 0.239. The number of nitrogens with zero attached hydrogens (tertiary/aromatic N) is 3. The van der Waals surface area contributed by atoms with Crippen molar-refractivity contribution in [2.45, 2.75) is 18.6 Å². The number of hydrogen-bond donors (Lipinski definition) is 0. The zero-order valence-corrected chi connectivity index (χ0v) is 19.2. The second kappa shape index (κ2) is 10.4. The number of hydrogen-bond acceptors (Lipinski definition) is 4. The van der Waals surface area contributed by atoms with Crippen molar-refractivity contribution in [1.29, 1.82) is 0 Å². The van der Waals surface area contributed by atoms with Gasteiger partial charge < -0.3 is 9.64 Å². The van der Waals surface area contributed by atoms with Gasteiger partial charge in [-0.2, -0.15) is 18.1 Å². The summed E-state index contributed by atoms with van der Waals surface area (Å²) in [4.78, 5) is 26.7. The summed E-state index contributed by atoms with van der Waals surface area (Å²) in [6.07, 6.45) is -4.13. The lowest BCUT2D eigenvalue weighted by Crippen LogP contribution is -2.33. The Kier molecular flexibility index (Phi) is 7.25. The maximum absolute atomic E-state index is 13.3. The highest BCUT2D eigenvalue weighted by Gasteiger charge is 2.40. The molecule has 3 aromatic carbocycles. The van der Waals surface area contributed by atoms with Crippen molar-refractivity contribution in [3.63, 3.8) is 0 Å². The Morgan fingerprint density at radius 2 is 1.66 bits per heavy atom. The fourth-order valence-electron chi connectivity index (χ4n) is 3.95. The topological polar surface area (TPSA) is 62.2 Å². The highest BCUT2D eigenvalue weighted by molar-refractivity contribution is 6.30. The van der Waals surface area contributed by atoms with E-state index in [-0.39, 0.29) is 25.7 Å². The lowest BCUT2D eigenvalue weighted by molar-refractivity contribution is -0.137. The van der Waals surface area contributed by atoms with Gasteiger partial charge in [-0.1, -0.05) is 28.9 Å². The average molecular weight is 504 g/mol. The first kappa shape index (κ1) is 24.5. The highest BCUT2D eigenvalue weighted by atomic mass is 35.5. The zero-order valence-electron chi connectivity index (χ0n) is 18.4. The van der Waals surface area contributed by atoms with Crippen molar-refractivity contribution in [2.75, 3.05) is 24.5 Å². The van der Waals surface area contributed by atoms with Gasteiger partial charge in [-0.05, 0) is 72.6 Å². The molecule has 0 bridgehead atoms. The maximum Gasteiger partial charge on any atom is 0.416 e. The molecule has 0 N–H and O–H groups in total. The second-order valence-corrected chi connectivity index (χ2v) is 8.43. The number of rotatable bonds is 8. The Morgan fingerprint density at radius 3 is 2.29 bits per heavy atom. The fraction of sp³-hybridized carbons (Fsp3) is 0.240. The van der Waals surface area contributed by atoms with E-state index in [2.05, 4.69) is 5.18 Å². The van der Waals surface area contributed by atoms with Gasteiger partial charge in [0.2, 0.25) is 0 Å².